The minimum Gasteiger partial charge on any atom is -0.496 e. The molecule has 0 aromatic heterocycles. The summed E-state index contributed by atoms with van der Waals surface area (Å²) in [7, 11) is 1.60. The highest BCUT2D eigenvalue weighted by molar-refractivity contribution is 14.1. The lowest BCUT2D eigenvalue weighted by atomic mass is 10.1. The molecule has 1 amide bonds. The number of hydrogen-bond donors (Lipinski definition) is 2. The molecule has 0 saturated carbocycles. The maximum absolute atomic E-state index is 12.4. The Bertz CT molecular complexity index is 954. The number of carbonyl (C=O) groups excluding carboxylic acids is 1. The molecular weight excluding hydrogens is 447 g/mol. The van der Waals surface area contributed by atoms with Crippen LogP contribution in [0.15, 0.2) is 60.7 Å². The van der Waals surface area contributed by atoms with Gasteiger partial charge in [-0.25, -0.2) is 0 Å². The van der Waals surface area contributed by atoms with Crippen molar-refractivity contribution in [2.75, 3.05) is 12.4 Å². The van der Waals surface area contributed by atoms with Crippen molar-refractivity contribution in [2.45, 2.75) is 0 Å². The SMILES string of the molecule is COc1ccc(C(=O)NC(=S)Nc2cccc3ccccc23)cc1I. The van der Waals surface area contributed by atoms with Gasteiger partial charge in [-0.05, 0) is 64.5 Å². The third-order valence-electron chi connectivity index (χ3n) is 3.68. The van der Waals surface area contributed by atoms with Gasteiger partial charge in [0.1, 0.15) is 5.75 Å². The molecule has 3 aromatic carbocycles. The highest BCUT2D eigenvalue weighted by Crippen LogP contribution is 2.23. The molecule has 0 fully saturated rings. The van der Waals surface area contributed by atoms with Crippen LogP contribution in [-0.2, 0) is 0 Å². The first-order valence-corrected chi connectivity index (χ1v) is 9.01. The molecule has 6 heteroatoms. The van der Waals surface area contributed by atoms with E-state index in [1.165, 1.54) is 0 Å². The van der Waals surface area contributed by atoms with Gasteiger partial charge in [0.05, 0.1) is 10.7 Å². The zero-order chi connectivity index (χ0) is 17.8. The van der Waals surface area contributed by atoms with Crippen LogP contribution in [0.1, 0.15) is 10.4 Å². The van der Waals surface area contributed by atoms with Crippen molar-refractivity contribution in [2.24, 2.45) is 0 Å². The van der Waals surface area contributed by atoms with E-state index in [1.807, 2.05) is 42.5 Å². The number of amides is 1. The molecule has 0 aliphatic rings. The van der Waals surface area contributed by atoms with Crippen molar-refractivity contribution in [1.29, 1.82) is 0 Å². The largest absolute Gasteiger partial charge is 0.496 e. The summed E-state index contributed by atoms with van der Waals surface area (Å²) in [6.07, 6.45) is 0. The molecule has 0 aliphatic heterocycles. The summed E-state index contributed by atoms with van der Waals surface area (Å²) in [5, 5.41) is 8.21. The highest BCUT2D eigenvalue weighted by Gasteiger charge is 2.11. The number of methoxy groups -OCH3 is 1. The summed E-state index contributed by atoms with van der Waals surface area (Å²) in [6, 6.07) is 19.1. The fraction of sp³-hybridized carbons (Fsp3) is 0.0526. The van der Waals surface area contributed by atoms with E-state index < -0.39 is 0 Å². The number of carbonyl (C=O) groups is 1. The Kier molecular flexibility index (Phi) is 5.50. The minimum absolute atomic E-state index is 0.257. The van der Waals surface area contributed by atoms with Gasteiger partial charge in [-0.15, -0.1) is 0 Å². The number of nitrogens with one attached hydrogen (secondary N) is 2. The second-order valence-corrected chi connectivity index (χ2v) is 6.85. The summed E-state index contributed by atoms with van der Waals surface area (Å²) in [4.78, 5) is 12.4. The molecule has 0 heterocycles. The van der Waals surface area contributed by atoms with Gasteiger partial charge in [0.15, 0.2) is 5.11 Å². The standard InChI is InChI=1S/C19H15IN2O2S/c1-24-17-10-9-13(11-15(17)20)18(23)22-19(25)21-16-8-4-6-12-5-2-3-7-14(12)16/h2-11H,1H3,(H2,21,22,23,25). The van der Waals surface area contributed by atoms with Crippen molar-refractivity contribution >= 4 is 62.3 Å². The monoisotopic (exact) mass is 462 g/mol. The van der Waals surface area contributed by atoms with Crippen LogP contribution in [0.25, 0.3) is 10.8 Å². The molecule has 0 aliphatic carbocycles. The fourth-order valence-electron chi connectivity index (χ4n) is 2.47. The van der Waals surface area contributed by atoms with E-state index >= 15 is 0 Å². The van der Waals surface area contributed by atoms with Crippen LogP contribution in [-0.4, -0.2) is 18.1 Å². The molecule has 3 aromatic rings. The number of halogens is 1. The van der Waals surface area contributed by atoms with E-state index in [0.29, 0.717) is 5.56 Å². The first kappa shape index (κ1) is 17.6. The molecule has 0 unspecified atom stereocenters. The second-order valence-electron chi connectivity index (χ2n) is 5.28. The number of fused-ring (bicyclic) bond motifs is 1. The molecule has 0 radical (unpaired) electrons. The fourth-order valence-corrected chi connectivity index (χ4v) is 3.41. The Labute approximate surface area is 164 Å². The first-order valence-electron chi connectivity index (χ1n) is 7.52. The zero-order valence-electron chi connectivity index (χ0n) is 13.4. The smallest absolute Gasteiger partial charge is 0.257 e. The van der Waals surface area contributed by atoms with Crippen molar-refractivity contribution in [3.05, 3.63) is 69.8 Å². The molecule has 25 heavy (non-hydrogen) atoms. The van der Waals surface area contributed by atoms with Gasteiger partial charge < -0.3 is 10.1 Å². The number of anilines is 1. The Balaban J connectivity index is 1.73. The van der Waals surface area contributed by atoms with E-state index in [0.717, 1.165) is 25.8 Å². The lowest BCUT2D eigenvalue weighted by Crippen LogP contribution is -2.34. The molecule has 0 spiro atoms. The van der Waals surface area contributed by atoms with E-state index in [4.69, 9.17) is 17.0 Å². The molecule has 3 rings (SSSR count). The second kappa shape index (κ2) is 7.79. The topological polar surface area (TPSA) is 50.4 Å². The van der Waals surface area contributed by atoms with Crippen LogP contribution in [0, 0.1) is 3.57 Å². The van der Waals surface area contributed by atoms with Crippen LogP contribution < -0.4 is 15.4 Å². The van der Waals surface area contributed by atoms with Gasteiger partial charge in [0, 0.05) is 16.6 Å². The van der Waals surface area contributed by atoms with Crippen molar-refractivity contribution in [3.63, 3.8) is 0 Å². The summed E-state index contributed by atoms with van der Waals surface area (Å²) in [5.41, 5.74) is 1.37. The molecular formula is C19H15IN2O2S. The third kappa shape index (κ3) is 4.08. The van der Waals surface area contributed by atoms with E-state index in [2.05, 4.69) is 33.2 Å². The summed E-state index contributed by atoms with van der Waals surface area (Å²) in [6.45, 7) is 0. The lowest BCUT2D eigenvalue weighted by molar-refractivity contribution is 0.0977. The molecule has 2 N–H and O–H groups in total. The van der Waals surface area contributed by atoms with Crippen molar-refractivity contribution < 1.29 is 9.53 Å². The normalized spacial score (nSPS) is 10.3. The summed E-state index contributed by atoms with van der Waals surface area (Å²) >= 11 is 7.41. The third-order valence-corrected chi connectivity index (χ3v) is 4.73. The number of hydrogen-bond acceptors (Lipinski definition) is 3. The number of ether oxygens (including phenoxy) is 1. The Morgan fingerprint density at radius 2 is 1.84 bits per heavy atom. The quantitative estimate of drug-likeness (QED) is 0.442. The zero-order valence-corrected chi connectivity index (χ0v) is 16.4. The van der Waals surface area contributed by atoms with Gasteiger partial charge >= 0.3 is 0 Å². The van der Waals surface area contributed by atoms with Crippen LogP contribution in [0.5, 0.6) is 5.75 Å². The van der Waals surface area contributed by atoms with Gasteiger partial charge in [-0.2, -0.15) is 0 Å². The van der Waals surface area contributed by atoms with Gasteiger partial charge in [-0.1, -0.05) is 36.4 Å². The lowest BCUT2D eigenvalue weighted by Gasteiger charge is -2.12. The predicted octanol–water partition coefficient (Wildman–Crippen LogP) is 4.58. The van der Waals surface area contributed by atoms with Crippen LogP contribution in [0.4, 0.5) is 5.69 Å². The molecule has 0 bridgehead atoms. The maximum atomic E-state index is 12.4. The van der Waals surface area contributed by atoms with Crippen LogP contribution >= 0.6 is 34.8 Å². The van der Waals surface area contributed by atoms with Gasteiger partial charge in [0.25, 0.3) is 5.91 Å². The molecule has 126 valence electrons. The minimum atomic E-state index is -0.265. The molecule has 4 nitrogen and oxygen atoms in total. The van der Waals surface area contributed by atoms with E-state index in [-0.39, 0.29) is 11.0 Å². The Morgan fingerprint density at radius 3 is 2.60 bits per heavy atom. The maximum Gasteiger partial charge on any atom is 0.257 e. The van der Waals surface area contributed by atoms with Crippen molar-refractivity contribution in [1.82, 2.24) is 5.32 Å². The number of thiocarbonyl (C=S) groups is 1. The van der Waals surface area contributed by atoms with Crippen LogP contribution in [0.3, 0.4) is 0 Å². The first-order chi connectivity index (χ1) is 12.1. The number of benzene rings is 3. The van der Waals surface area contributed by atoms with Gasteiger partial charge in [0.2, 0.25) is 0 Å². The molecule has 0 saturated heterocycles. The average Bonchev–Trinajstić information content (AvgIpc) is 2.62. The van der Waals surface area contributed by atoms with Gasteiger partial charge in [-0.3, -0.25) is 10.1 Å². The van der Waals surface area contributed by atoms with Crippen LogP contribution in [0.2, 0.25) is 0 Å². The average molecular weight is 462 g/mol. The van der Waals surface area contributed by atoms with E-state index in [1.54, 1.807) is 25.3 Å². The summed E-state index contributed by atoms with van der Waals surface area (Å²) < 4.78 is 6.07. The van der Waals surface area contributed by atoms with E-state index in [9.17, 15) is 4.79 Å². The number of rotatable bonds is 3. The van der Waals surface area contributed by atoms with Crippen molar-refractivity contribution in [3.8, 4) is 5.75 Å². The Hall–Kier alpha value is -2.19. The Morgan fingerprint density at radius 1 is 1.08 bits per heavy atom. The highest BCUT2D eigenvalue weighted by atomic mass is 127. The summed E-state index contributed by atoms with van der Waals surface area (Å²) in [5.74, 6) is 0.465. The molecule has 0 atom stereocenters. The predicted molar refractivity (Wildman–Crippen MR) is 113 cm³/mol.